The summed E-state index contributed by atoms with van der Waals surface area (Å²) in [7, 11) is 0. The number of para-hydroxylation sites is 1. The van der Waals surface area contributed by atoms with Gasteiger partial charge in [0, 0.05) is 5.56 Å². The highest BCUT2D eigenvalue weighted by molar-refractivity contribution is 5.83. The Kier molecular flexibility index (Phi) is 9.32. The molecule has 2 N–H and O–H groups in total. The molecule has 4 heteroatoms. The lowest BCUT2D eigenvalue weighted by molar-refractivity contribution is 0.293. The van der Waals surface area contributed by atoms with Gasteiger partial charge in [-0.1, -0.05) is 44.7 Å². The van der Waals surface area contributed by atoms with Crippen molar-refractivity contribution < 1.29 is 9.84 Å². The number of nitrogens with zero attached hydrogens (tertiary/aromatic N) is 1. The Morgan fingerprint density at radius 1 is 1.20 bits per heavy atom. The summed E-state index contributed by atoms with van der Waals surface area (Å²) in [6, 6.07) is 7.85. The molecule has 0 aliphatic heterocycles. The molecule has 4 nitrogen and oxygen atoms in total. The molecule has 1 aromatic rings. The molecule has 0 aromatic heterocycles. The average molecular weight is 278 g/mol. The molecule has 0 bridgehead atoms. The smallest absolute Gasteiger partial charge is 0.128 e. The van der Waals surface area contributed by atoms with Crippen LogP contribution in [-0.4, -0.2) is 31.1 Å². The first-order valence-electron chi connectivity index (χ1n) is 7.47. The summed E-state index contributed by atoms with van der Waals surface area (Å²) in [4.78, 5) is 0. The van der Waals surface area contributed by atoms with E-state index < -0.39 is 0 Å². The van der Waals surface area contributed by atoms with Crippen LogP contribution >= 0.6 is 0 Å². The van der Waals surface area contributed by atoms with Crippen molar-refractivity contribution in [2.75, 3.05) is 19.8 Å². The first kappa shape index (κ1) is 16.5. The lowest BCUT2D eigenvalue weighted by Gasteiger charge is -2.08. The Morgan fingerprint density at radius 3 is 2.80 bits per heavy atom. The van der Waals surface area contributed by atoms with Crippen LogP contribution in [0.25, 0.3) is 0 Å². The summed E-state index contributed by atoms with van der Waals surface area (Å²) < 4.78 is 5.81. The molecule has 0 aliphatic rings. The van der Waals surface area contributed by atoms with Gasteiger partial charge in [0.25, 0.3) is 0 Å². The molecule has 1 aromatic carbocycles. The molecule has 0 fully saturated rings. The summed E-state index contributed by atoms with van der Waals surface area (Å²) >= 11 is 0. The van der Waals surface area contributed by atoms with E-state index >= 15 is 0 Å². The van der Waals surface area contributed by atoms with Crippen molar-refractivity contribution >= 4 is 6.21 Å². The summed E-state index contributed by atoms with van der Waals surface area (Å²) in [5, 5.41) is 12.7. The normalized spacial score (nSPS) is 10.9. The van der Waals surface area contributed by atoms with Crippen LogP contribution in [0.3, 0.4) is 0 Å². The van der Waals surface area contributed by atoms with Gasteiger partial charge in [-0.05, 0) is 18.6 Å². The highest BCUT2D eigenvalue weighted by Crippen LogP contribution is 2.16. The molecule has 0 amide bonds. The predicted octanol–water partition coefficient (Wildman–Crippen LogP) is 2.95. The third-order valence-corrected chi connectivity index (χ3v) is 2.94. The second-order valence-electron chi connectivity index (χ2n) is 4.69. The van der Waals surface area contributed by atoms with Gasteiger partial charge in [-0.15, -0.1) is 0 Å². The summed E-state index contributed by atoms with van der Waals surface area (Å²) in [6.07, 6.45) is 7.90. The third kappa shape index (κ3) is 7.14. The SMILES string of the molecule is CCCCCCCOc1ccccc1C=NNCCO. The Balaban J connectivity index is 2.35. The van der Waals surface area contributed by atoms with E-state index in [1.165, 1.54) is 25.7 Å². The molecule has 0 atom stereocenters. The fourth-order valence-corrected chi connectivity index (χ4v) is 1.84. The van der Waals surface area contributed by atoms with Crippen LogP contribution in [0, 0.1) is 0 Å². The molecule has 0 unspecified atom stereocenters. The molecule has 0 spiro atoms. The molecule has 0 heterocycles. The molecule has 0 aliphatic carbocycles. The minimum absolute atomic E-state index is 0.0766. The Morgan fingerprint density at radius 2 is 2.00 bits per heavy atom. The second kappa shape index (κ2) is 11.3. The number of unbranched alkanes of at least 4 members (excludes halogenated alkanes) is 4. The van der Waals surface area contributed by atoms with Gasteiger partial charge in [0.2, 0.25) is 0 Å². The fourth-order valence-electron chi connectivity index (χ4n) is 1.84. The number of aliphatic hydroxyl groups excluding tert-OH is 1. The molecule has 112 valence electrons. The van der Waals surface area contributed by atoms with Crippen LogP contribution in [0.4, 0.5) is 0 Å². The summed E-state index contributed by atoms with van der Waals surface area (Å²) in [6.45, 7) is 3.50. The van der Waals surface area contributed by atoms with Crippen LogP contribution in [0.1, 0.15) is 44.6 Å². The average Bonchev–Trinajstić information content (AvgIpc) is 2.48. The Hall–Kier alpha value is -1.55. The lowest BCUT2D eigenvalue weighted by Crippen LogP contribution is -2.11. The van der Waals surface area contributed by atoms with Crippen molar-refractivity contribution in [2.45, 2.75) is 39.0 Å². The first-order valence-corrected chi connectivity index (χ1v) is 7.47. The lowest BCUT2D eigenvalue weighted by atomic mass is 10.2. The van der Waals surface area contributed by atoms with E-state index in [0.29, 0.717) is 6.54 Å². The van der Waals surface area contributed by atoms with Crippen molar-refractivity contribution in [3.63, 3.8) is 0 Å². The van der Waals surface area contributed by atoms with Crippen molar-refractivity contribution in [1.29, 1.82) is 0 Å². The standard InChI is InChI=1S/C16H26N2O2/c1-2-3-4-5-8-13-20-16-10-7-6-9-15(16)14-18-17-11-12-19/h6-7,9-10,14,17,19H,2-5,8,11-13H2,1H3. The number of ether oxygens (including phenoxy) is 1. The number of hydrazone groups is 1. The molecule has 0 saturated carbocycles. The van der Waals surface area contributed by atoms with Crippen molar-refractivity contribution in [2.24, 2.45) is 5.10 Å². The third-order valence-electron chi connectivity index (χ3n) is 2.94. The van der Waals surface area contributed by atoms with E-state index in [0.717, 1.165) is 24.3 Å². The number of benzene rings is 1. The van der Waals surface area contributed by atoms with E-state index in [1.54, 1.807) is 6.21 Å². The number of nitrogens with one attached hydrogen (secondary N) is 1. The quantitative estimate of drug-likeness (QED) is 0.372. The minimum Gasteiger partial charge on any atom is -0.493 e. The van der Waals surface area contributed by atoms with Crippen molar-refractivity contribution in [3.05, 3.63) is 29.8 Å². The zero-order valence-electron chi connectivity index (χ0n) is 12.3. The van der Waals surface area contributed by atoms with Gasteiger partial charge >= 0.3 is 0 Å². The van der Waals surface area contributed by atoms with E-state index in [1.807, 2.05) is 24.3 Å². The maximum atomic E-state index is 8.66. The highest BCUT2D eigenvalue weighted by atomic mass is 16.5. The van der Waals surface area contributed by atoms with Gasteiger partial charge in [-0.25, -0.2) is 0 Å². The van der Waals surface area contributed by atoms with E-state index in [9.17, 15) is 0 Å². The van der Waals surface area contributed by atoms with Crippen molar-refractivity contribution in [3.8, 4) is 5.75 Å². The van der Waals surface area contributed by atoms with Crippen molar-refractivity contribution in [1.82, 2.24) is 5.43 Å². The molecule has 0 saturated heterocycles. The molecular weight excluding hydrogens is 252 g/mol. The summed E-state index contributed by atoms with van der Waals surface area (Å²) in [5.74, 6) is 0.859. The zero-order chi connectivity index (χ0) is 14.5. The zero-order valence-corrected chi connectivity index (χ0v) is 12.3. The fraction of sp³-hybridized carbons (Fsp3) is 0.562. The topological polar surface area (TPSA) is 53.8 Å². The van der Waals surface area contributed by atoms with Crippen LogP contribution in [0.5, 0.6) is 5.75 Å². The van der Waals surface area contributed by atoms with Crippen LogP contribution in [0.2, 0.25) is 0 Å². The molecule has 1 rings (SSSR count). The number of aliphatic hydroxyl groups is 1. The van der Waals surface area contributed by atoms with Gasteiger partial charge in [0.1, 0.15) is 5.75 Å². The maximum absolute atomic E-state index is 8.66. The van der Waals surface area contributed by atoms with Gasteiger partial charge in [0.05, 0.1) is 26.0 Å². The van der Waals surface area contributed by atoms with Crippen LogP contribution in [0.15, 0.2) is 29.4 Å². The summed E-state index contributed by atoms with van der Waals surface area (Å²) in [5.41, 5.74) is 3.72. The molecule has 0 radical (unpaired) electrons. The number of hydrogen-bond acceptors (Lipinski definition) is 4. The highest BCUT2D eigenvalue weighted by Gasteiger charge is 2.00. The number of rotatable bonds is 11. The number of hydrogen-bond donors (Lipinski definition) is 2. The van der Waals surface area contributed by atoms with Crippen LogP contribution < -0.4 is 10.2 Å². The monoisotopic (exact) mass is 278 g/mol. The van der Waals surface area contributed by atoms with E-state index in [2.05, 4.69) is 17.5 Å². The Labute approximate surface area is 121 Å². The van der Waals surface area contributed by atoms with E-state index in [-0.39, 0.29) is 6.61 Å². The largest absolute Gasteiger partial charge is 0.493 e. The Bertz CT molecular complexity index is 380. The van der Waals surface area contributed by atoms with E-state index in [4.69, 9.17) is 9.84 Å². The first-order chi connectivity index (χ1) is 9.88. The molecular formula is C16H26N2O2. The maximum Gasteiger partial charge on any atom is 0.128 e. The predicted molar refractivity (Wildman–Crippen MR) is 83.4 cm³/mol. The van der Waals surface area contributed by atoms with Gasteiger partial charge < -0.3 is 15.3 Å². The minimum atomic E-state index is 0.0766. The van der Waals surface area contributed by atoms with Crippen LogP contribution in [-0.2, 0) is 0 Å². The molecule has 20 heavy (non-hydrogen) atoms. The van der Waals surface area contributed by atoms with Gasteiger partial charge in [-0.3, -0.25) is 0 Å². The second-order valence-corrected chi connectivity index (χ2v) is 4.69. The van der Waals surface area contributed by atoms with Gasteiger partial charge in [0.15, 0.2) is 0 Å². The van der Waals surface area contributed by atoms with Gasteiger partial charge in [-0.2, -0.15) is 5.10 Å².